The minimum atomic E-state index is -0.134. The quantitative estimate of drug-likeness (QED) is 0.708. The lowest BCUT2D eigenvalue weighted by molar-refractivity contribution is -0.115. The first-order valence-electron chi connectivity index (χ1n) is 7.80. The molecular formula is C19H17N3O2S. The molecule has 0 aliphatic carbocycles. The molecule has 0 radical (unpaired) electrons. The second-order valence-corrected chi connectivity index (χ2v) is 6.71. The van der Waals surface area contributed by atoms with E-state index in [0.29, 0.717) is 11.3 Å². The zero-order chi connectivity index (χ0) is 17.8. The van der Waals surface area contributed by atoms with Gasteiger partial charge in [-0.15, -0.1) is 11.3 Å². The molecule has 0 aliphatic rings. The van der Waals surface area contributed by atoms with Crippen molar-refractivity contribution in [1.82, 2.24) is 9.97 Å². The number of carbonyl (C=O) groups excluding carboxylic acids is 2. The first kappa shape index (κ1) is 17.0. The summed E-state index contributed by atoms with van der Waals surface area (Å²) in [5.41, 5.74) is 2.98. The number of carbonyl (C=O) groups is 2. The van der Waals surface area contributed by atoms with Crippen molar-refractivity contribution >= 4 is 28.7 Å². The molecule has 0 atom stereocenters. The molecule has 3 rings (SSSR count). The smallest absolute Gasteiger partial charge is 0.229 e. The van der Waals surface area contributed by atoms with Crippen molar-refractivity contribution < 1.29 is 9.59 Å². The first-order valence-corrected chi connectivity index (χ1v) is 8.62. The summed E-state index contributed by atoms with van der Waals surface area (Å²) in [7, 11) is 0. The van der Waals surface area contributed by atoms with Crippen molar-refractivity contribution in [1.29, 1.82) is 0 Å². The number of benzene rings is 1. The molecule has 5 nitrogen and oxygen atoms in total. The molecule has 3 aromatic rings. The number of nitrogens with zero attached hydrogens (tertiary/aromatic N) is 2. The minimum Gasteiger partial charge on any atom is -0.326 e. The molecule has 0 spiro atoms. The Kier molecular flexibility index (Phi) is 5.00. The molecule has 0 saturated carbocycles. The number of rotatable bonds is 5. The molecule has 6 heteroatoms. The molecule has 0 unspecified atom stereocenters. The number of aromatic nitrogens is 2. The number of thiazole rings is 1. The van der Waals surface area contributed by atoms with E-state index in [2.05, 4.69) is 15.3 Å². The summed E-state index contributed by atoms with van der Waals surface area (Å²) in [6.07, 6.45) is 3.72. The van der Waals surface area contributed by atoms with Gasteiger partial charge in [-0.05, 0) is 38.1 Å². The molecular weight excluding hydrogens is 334 g/mol. The molecule has 25 heavy (non-hydrogen) atoms. The summed E-state index contributed by atoms with van der Waals surface area (Å²) < 4.78 is 0. The number of hydrogen-bond acceptors (Lipinski definition) is 5. The van der Waals surface area contributed by atoms with E-state index < -0.39 is 0 Å². The second kappa shape index (κ2) is 7.36. The van der Waals surface area contributed by atoms with Crippen LogP contribution in [0.5, 0.6) is 0 Å². The van der Waals surface area contributed by atoms with Crippen LogP contribution in [0, 0.1) is 6.92 Å². The zero-order valence-electron chi connectivity index (χ0n) is 13.9. The lowest BCUT2D eigenvalue weighted by Crippen LogP contribution is -2.14. The van der Waals surface area contributed by atoms with Gasteiger partial charge in [-0.2, -0.15) is 0 Å². The maximum absolute atomic E-state index is 12.3. The third-order valence-electron chi connectivity index (χ3n) is 3.68. The fourth-order valence-corrected chi connectivity index (χ4v) is 3.42. The summed E-state index contributed by atoms with van der Waals surface area (Å²) in [4.78, 5) is 33.3. The monoisotopic (exact) mass is 351 g/mol. The van der Waals surface area contributed by atoms with E-state index in [-0.39, 0.29) is 18.1 Å². The number of nitrogens with one attached hydrogen (secondary N) is 1. The molecule has 0 saturated heterocycles. The predicted octanol–water partition coefficient (Wildman–Crippen LogP) is 3.90. The Morgan fingerprint density at radius 2 is 2.04 bits per heavy atom. The van der Waals surface area contributed by atoms with Crippen LogP contribution >= 0.6 is 11.3 Å². The van der Waals surface area contributed by atoms with Crippen LogP contribution in [0.15, 0.2) is 48.8 Å². The molecule has 1 amide bonds. The van der Waals surface area contributed by atoms with Gasteiger partial charge in [0, 0.05) is 34.1 Å². The number of hydrogen-bond donors (Lipinski definition) is 1. The number of anilines is 1. The highest BCUT2D eigenvalue weighted by Gasteiger charge is 2.13. The van der Waals surface area contributed by atoms with Crippen LogP contribution in [-0.4, -0.2) is 21.7 Å². The maximum Gasteiger partial charge on any atom is 0.229 e. The lowest BCUT2D eigenvalue weighted by Gasteiger charge is -2.06. The van der Waals surface area contributed by atoms with Crippen LogP contribution in [0.3, 0.4) is 0 Å². The number of amides is 1. The van der Waals surface area contributed by atoms with Crippen molar-refractivity contribution in [2.75, 3.05) is 5.32 Å². The summed E-state index contributed by atoms with van der Waals surface area (Å²) in [6, 6.07) is 10.7. The van der Waals surface area contributed by atoms with Crippen molar-refractivity contribution in [3.8, 4) is 10.6 Å². The Labute approximate surface area is 149 Å². The Balaban J connectivity index is 1.72. The van der Waals surface area contributed by atoms with Crippen LogP contribution < -0.4 is 5.32 Å². The van der Waals surface area contributed by atoms with Gasteiger partial charge in [-0.3, -0.25) is 14.6 Å². The lowest BCUT2D eigenvalue weighted by atomic mass is 10.1. The number of aryl methyl sites for hydroxylation is 1. The highest BCUT2D eigenvalue weighted by molar-refractivity contribution is 7.15. The molecule has 2 aromatic heterocycles. The van der Waals surface area contributed by atoms with Gasteiger partial charge in [0.2, 0.25) is 5.91 Å². The average molecular weight is 351 g/mol. The standard InChI is InChI=1S/C19H17N3O2S/c1-12-17(25-19(21-12)15-6-4-8-20-11-15)10-18(24)22-16-7-3-5-14(9-16)13(2)23/h3-9,11H,10H2,1-2H3,(H,22,24). The Morgan fingerprint density at radius 1 is 1.20 bits per heavy atom. The molecule has 0 bridgehead atoms. The highest BCUT2D eigenvalue weighted by atomic mass is 32.1. The molecule has 0 fully saturated rings. The molecule has 1 aromatic carbocycles. The second-order valence-electron chi connectivity index (χ2n) is 5.63. The van der Waals surface area contributed by atoms with Gasteiger partial charge in [-0.25, -0.2) is 4.98 Å². The number of Topliss-reactive ketones (excluding diaryl/α,β-unsaturated/α-hetero) is 1. The van der Waals surface area contributed by atoms with E-state index in [0.717, 1.165) is 21.1 Å². The van der Waals surface area contributed by atoms with Crippen molar-refractivity contribution in [3.63, 3.8) is 0 Å². The van der Waals surface area contributed by atoms with Crippen LogP contribution in [0.2, 0.25) is 0 Å². The van der Waals surface area contributed by atoms with E-state index in [1.807, 2.05) is 19.1 Å². The van der Waals surface area contributed by atoms with Crippen LogP contribution in [0.25, 0.3) is 10.6 Å². The van der Waals surface area contributed by atoms with Gasteiger partial charge in [-0.1, -0.05) is 12.1 Å². The van der Waals surface area contributed by atoms with Crippen molar-refractivity contribution in [2.24, 2.45) is 0 Å². The van der Waals surface area contributed by atoms with E-state index in [1.54, 1.807) is 36.7 Å². The largest absolute Gasteiger partial charge is 0.326 e. The predicted molar refractivity (Wildman–Crippen MR) is 98.9 cm³/mol. The van der Waals surface area contributed by atoms with Crippen LogP contribution in [0.4, 0.5) is 5.69 Å². The molecule has 126 valence electrons. The molecule has 2 heterocycles. The highest BCUT2D eigenvalue weighted by Crippen LogP contribution is 2.27. The van der Waals surface area contributed by atoms with Gasteiger partial charge < -0.3 is 5.32 Å². The average Bonchev–Trinajstić information content (AvgIpc) is 2.96. The van der Waals surface area contributed by atoms with Gasteiger partial charge in [0.05, 0.1) is 12.1 Å². The zero-order valence-corrected chi connectivity index (χ0v) is 14.8. The van der Waals surface area contributed by atoms with Gasteiger partial charge in [0.25, 0.3) is 0 Å². The number of pyridine rings is 1. The third-order valence-corrected chi connectivity index (χ3v) is 4.88. The van der Waals surface area contributed by atoms with E-state index in [1.165, 1.54) is 18.3 Å². The Hall–Kier alpha value is -2.86. The molecule has 1 N–H and O–H groups in total. The van der Waals surface area contributed by atoms with E-state index in [9.17, 15) is 9.59 Å². The fourth-order valence-electron chi connectivity index (χ4n) is 2.37. The summed E-state index contributed by atoms with van der Waals surface area (Å²) in [5, 5.41) is 3.69. The maximum atomic E-state index is 12.3. The van der Waals surface area contributed by atoms with Crippen LogP contribution in [-0.2, 0) is 11.2 Å². The van der Waals surface area contributed by atoms with Gasteiger partial charge >= 0.3 is 0 Å². The van der Waals surface area contributed by atoms with Crippen molar-refractivity contribution in [3.05, 3.63) is 64.9 Å². The normalized spacial score (nSPS) is 10.5. The minimum absolute atomic E-state index is 0.0319. The Bertz CT molecular complexity index is 919. The summed E-state index contributed by atoms with van der Waals surface area (Å²) >= 11 is 1.49. The third kappa shape index (κ3) is 4.16. The molecule has 0 aliphatic heterocycles. The topological polar surface area (TPSA) is 72.0 Å². The summed E-state index contributed by atoms with van der Waals surface area (Å²) in [5.74, 6) is -0.166. The van der Waals surface area contributed by atoms with Gasteiger partial charge in [0.15, 0.2) is 5.78 Å². The fraction of sp³-hybridized carbons (Fsp3) is 0.158. The van der Waals surface area contributed by atoms with E-state index >= 15 is 0 Å². The van der Waals surface area contributed by atoms with Crippen LogP contribution in [0.1, 0.15) is 27.9 Å². The summed E-state index contributed by atoms with van der Waals surface area (Å²) in [6.45, 7) is 3.40. The Morgan fingerprint density at radius 3 is 2.76 bits per heavy atom. The van der Waals surface area contributed by atoms with Gasteiger partial charge in [0.1, 0.15) is 5.01 Å². The van der Waals surface area contributed by atoms with E-state index in [4.69, 9.17) is 0 Å². The number of ketones is 1. The SMILES string of the molecule is CC(=O)c1cccc(NC(=O)Cc2sc(-c3cccnc3)nc2C)c1. The first-order chi connectivity index (χ1) is 12.0. The van der Waals surface area contributed by atoms with Crippen molar-refractivity contribution in [2.45, 2.75) is 20.3 Å².